The van der Waals surface area contributed by atoms with Crippen LogP contribution in [-0.4, -0.2) is 40.9 Å². The number of alkyl carbamates (subject to hydrolysis) is 1. The molecule has 6 nitrogen and oxygen atoms in total. The minimum absolute atomic E-state index is 0.176. The summed E-state index contributed by atoms with van der Waals surface area (Å²) in [7, 11) is 0. The largest absolute Gasteiger partial charge is 0.444 e. The molecule has 3 atom stereocenters. The number of rotatable bonds is 11. The maximum absolute atomic E-state index is 13.3. The minimum Gasteiger partial charge on any atom is -0.444 e. The number of amides is 2. The highest BCUT2D eigenvalue weighted by Crippen LogP contribution is 2.17. The molecule has 2 amide bonds. The van der Waals surface area contributed by atoms with Crippen LogP contribution in [0.25, 0.3) is 0 Å². The number of hydrogen-bond donors (Lipinski definition) is 3. The van der Waals surface area contributed by atoms with Crippen molar-refractivity contribution >= 4 is 12.0 Å². The molecule has 35 heavy (non-hydrogen) atoms. The monoisotopic (exact) mass is 480 g/mol. The van der Waals surface area contributed by atoms with Crippen molar-refractivity contribution in [3.63, 3.8) is 0 Å². The fourth-order valence-electron chi connectivity index (χ4n) is 3.79. The van der Waals surface area contributed by atoms with Gasteiger partial charge in [0.2, 0.25) is 5.91 Å². The van der Waals surface area contributed by atoms with Crippen LogP contribution in [0, 0.1) is 5.92 Å². The lowest BCUT2D eigenvalue weighted by atomic mass is 9.93. The van der Waals surface area contributed by atoms with E-state index in [9.17, 15) is 14.7 Å². The quantitative estimate of drug-likeness (QED) is 0.403. The maximum Gasteiger partial charge on any atom is 0.408 e. The molecule has 0 unspecified atom stereocenters. The van der Waals surface area contributed by atoms with Gasteiger partial charge in [-0.25, -0.2) is 4.79 Å². The molecule has 0 aliphatic rings. The van der Waals surface area contributed by atoms with E-state index in [-0.39, 0.29) is 11.8 Å². The number of carbonyl (C=O) groups excluding carboxylic acids is 2. The fraction of sp³-hybridized carbons (Fsp3) is 0.448. The zero-order valence-corrected chi connectivity index (χ0v) is 21.6. The molecule has 2 rings (SSSR count). The summed E-state index contributed by atoms with van der Waals surface area (Å²) < 4.78 is 5.33. The van der Waals surface area contributed by atoms with Crippen molar-refractivity contribution in [1.29, 1.82) is 0 Å². The zero-order chi connectivity index (χ0) is 26.0. The van der Waals surface area contributed by atoms with Crippen LogP contribution in [0.5, 0.6) is 0 Å². The summed E-state index contributed by atoms with van der Waals surface area (Å²) in [5, 5.41) is 16.8. The van der Waals surface area contributed by atoms with Gasteiger partial charge < -0.3 is 20.5 Å². The molecular formula is C29H40N2O4. The number of ether oxygens (including phenoxy) is 1. The Morgan fingerprint density at radius 3 is 2.00 bits per heavy atom. The van der Waals surface area contributed by atoms with Crippen LogP contribution >= 0.6 is 0 Å². The first-order chi connectivity index (χ1) is 16.4. The van der Waals surface area contributed by atoms with Gasteiger partial charge in [-0.1, -0.05) is 86.7 Å². The Morgan fingerprint density at radius 1 is 0.943 bits per heavy atom. The molecule has 0 spiro atoms. The topological polar surface area (TPSA) is 87.7 Å². The fourth-order valence-corrected chi connectivity index (χ4v) is 3.79. The van der Waals surface area contributed by atoms with E-state index in [1.54, 1.807) is 20.8 Å². The van der Waals surface area contributed by atoms with E-state index in [4.69, 9.17) is 4.74 Å². The predicted octanol–water partition coefficient (Wildman–Crippen LogP) is 4.81. The second-order valence-electron chi connectivity index (χ2n) is 10.4. The van der Waals surface area contributed by atoms with Crippen molar-refractivity contribution < 1.29 is 19.4 Å². The molecule has 0 aliphatic heterocycles. The Labute approximate surface area is 209 Å². The van der Waals surface area contributed by atoms with E-state index in [0.29, 0.717) is 19.3 Å². The van der Waals surface area contributed by atoms with Crippen molar-refractivity contribution in [2.24, 2.45) is 5.92 Å². The van der Waals surface area contributed by atoms with Gasteiger partial charge in [-0.3, -0.25) is 4.79 Å². The summed E-state index contributed by atoms with van der Waals surface area (Å²) in [5.41, 5.74) is 2.32. The summed E-state index contributed by atoms with van der Waals surface area (Å²) in [4.78, 5) is 25.6. The molecule has 0 heterocycles. The average Bonchev–Trinajstić information content (AvgIpc) is 2.76. The van der Waals surface area contributed by atoms with Gasteiger partial charge in [-0.15, -0.1) is 0 Å². The summed E-state index contributed by atoms with van der Waals surface area (Å²) in [6.07, 6.45) is -0.0478. The van der Waals surface area contributed by atoms with E-state index in [1.807, 2.05) is 74.5 Å². The molecule has 3 N–H and O–H groups in total. The third-order valence-corrected chi connectivity index (χ3v) is 5.51. The second kappa shape index (κ2) is 13.1. The first-order valence-corrected chi connectivity index (χ1v) is 12.2. The lowest BCUT2D eigenvalue weighted by Crippen LogP contribution is -2.55. The molecule has 0 aromatic heterocycles. The molecule has 6 heteroatoms. The summed E-state index contributed by atoms with van der Waals surface area (Å²) >= 11 is 0. The van der Waals surface area contributed by atoms with Crippen LogP contribution in [0.3, 0.4) is 0 Å². The molecule has 0 fully saturated rings. The minimum atomic E-state index is -0.843. The summed E-state index contributed by atoms with van der Waals surface area (Å²) in [5.74, 6) is -0.537. The van der Waals surface area contributed by atoms with Crippen LogP contribution in [0.2, 0.25) is 0 Å². The van der Waals surface area contributed by atoms with Crippen molar-refractivity contribution in [2.75, 3.05) is 0 Å². The molecule has 0 saturated carbocycles. The highest BCUT2D eigenvalue weighted by molar-refractivity contribution is 5.86. The lowest BCUT2D eigenvalue weighted by Gasteiger charge is -2.29. The number of carbonyl (C=O) groups is 2. The number of aliphatic hydroxyl groups excluding tert-OH is 1. The number of nitrogens with one attached hydrogen (secondary N) is 2. The van der Waals surface area contributed by atoms with Gasteiger partial charge in [0.05, 0.1) is 12.1 Å². The third kappa shape index (κ3) is 10.4. The van der Waals surface area contributed by atoms with E-state index < -0.39 is 29.9 Å². The molecule has 0 radical (unpaired) electrons. The van der Waals surface area contributed by atoms with Gasteiger partial charge in [-0.2, -0.15) is 0 Å². The van der Waals surface area contributed by atoms with Crippen LogP contribution in [0.15, 0.2) is 72.8 Å². The molecule has 2 aromatic carbocycles. The van der Waals surface area contributed by atoms with Crippen molar-refractivity contribution in [2.45, 2.75) is 77.7 Å². The standard InChI is InChI=1S/C29H40N2O4/c1-20(2)26(31-28(34)35-29(4,5)6)27(33)30-24(19-23-15-11-8-12-16-23)25(32)18-21(3)17-22-13-9-7-10-14-22/h7-16,20,24-26,32H,3,17-19H2,1-2,4-6H3,(H,30,33)(H,31,34)/t24-,25-,26-/m0/s1. The molecule has 2 aromatic rings. The number of hydrogen-bond acceptors (Lipinski definition) is 4. The van der Waals surface area contributed by atoms with E-state index in [2.05, 4.69) is 17.2 Å². The normalized spacial score (nSPS) is 14.0. The van der Waals surface area contributed by atoms with Crippen LogP contribution in [-0.2, 0) is 22.4 Å². The molecular weight excluding hydrogens is 440 g/mol. The molecule has 0 saturated heterocycles. The highest BCUT2D eigenvalue weighted by Gasteiger charge is 2.30. The van der Waals surface area contributed by atoms with Gasteiger partial charge in [-0.05, 0) is 57.1 Å². The zero-order valence-electron chi connectivity index (χ0n) is 21.6. The van der Waals surface area contributed by atoms with E-state index in [0.717, 1.165) is 16.7 Å². The lowest BCUT2D eigenvalue weighted by molar-refractivity contribution is -0.125. The van der Waals surface area contributed by atoms with Crippen LogP contribution < -0.4 is 10.6 Å². The molecule has 0 bridgehead atoms. The van der Waals surface area contributed by atoms with Gasteiger partial charge >= 0.3 is 6.09 Å². The Hall–Kier alpha value is -3.12. The van der Waals surface area contributed by atoms with E-state index >= 15 is 0 Å². The highest BCUT2D eigenvalue weighted by atomic mass is 16.6. The Kier molecular flexibility index (Phi) is 10.5. The van der Waals surface area contributed by atoms with Gasteiger partial charge in [0.25, 0.3) is 0 Å². The predicted molar refractivity (Wildman–Crippen MR) is 140 cm³/mol. The third-order valence-electron chi connectivity index (χ3n) is 5.51. The van der Waals surface area contributed by atoms with Crippen LogP contribution in [0.4, 0.5) is 4.79 Å². The van der Waals surface area contributed by atoms with Gasteiger partial charge in [0, 0.05) is 0 Å². The van der Waals surface area contributed by atoms with E-state index in [1.165, 1.54) is 0 Å². The molecule has 0 aliphatic carbocycles. The van der Waals surface area contributed by atoms with Crippen molar-refractivity contribution in [3.8, 4) is 0 Å². The van der Waals surface area contributed by atoms with Crippen molar-refractivity contribution in [1.82, 2.24) is 10.6 Å². The summed E-state index contributed by atoms with van der Waals surface area (Å²) in [6, 6.07) is 18.3. The average molecular weight is 481 g/mol. The summed E-state index contributed by atoms with van der Waals surface area (Å²) in [6.45, 7) is 13.2. The van der Waals surface area contributed by atoms with Gasteiger partial charge in [0.1, 0.15) is 11.6 Å². The maximum atomic E-state index is 13.3. The Bertz CT molecular complexity index is 952. The first-order valence-electron chi connectivity index (χ1n) is 12.2. The molecule has 190 valence electrons. The first kappa shape index (κ1) is 28.1. The number of aliphatic hydroxyl groups is 1. The SMILES string of the molecule is C=C(Cc1ccccc1)C[C@H](O)[C@H](Cc1ccccc1)NC(=O)[C@@H](NC(=O)OC(C)(C)C)C(C)C. The Morgan fingerprint density at radius 2 is 1.49 bits per heavy atom. The number of benzene rings is 2. The second-order valence-corrected chi connectivity index (χ2v) is 10.4. The van der Waals surface area contributed by atoms with Crippen molar-refractivity contribution in [3.05, 3.63) is 83.9 Å². The Balaban J connectivity index is 2.13. The van der Waals surface area contributed by atoms with Gasteiger partial charge in [0.15, 0.2) is 0 Å². The van der Waals surface area contributed by atoms with Crippen LogP contribution in [0.1, 0.15) is 52.2 Å². The smallest absolute Gasteiger partial charge is 0.408 e.